The lowest BCUT2D eigenvalue weighted by atomic mass is 9.88. The van der Waals surface area contributed by atoms with Gasteiger partial charge in [-0.25, -0.2) is 0 Å². The van der Waals surface area contributed by atoms with Crippen LogP contribution in [0.1, 0.15) is 38.5 Å². The van der Waals surface area contributed by atoms with Crippen molar-refractivity contribution in [2.45, 2.75) is 56.7 Å². The molecule has 0 spiro atoms. The van der Waals surface area contributed by atoms with Gasteiger partial charge in [-0.3, -0.25) is 4.90 Å². The van der Waals surface area contributed by atoms with E-state index < -0.39 is 0 Å². The van der Waals surface area contributed by atoms with Crippen molar-refractivity contribution in [3.8, 4) is 0 Å². The second-order valence-corrected chi connectivity index (χ2v) is 5.58. The largest absolute Gasteiger partial charge is 0.395 e. The number of aliphatic hydroxyl groups is 1. The van der Waals surface area contributed by atoms with Crippen molar-refractivity contribution >= 4 is 0 Å². The predicted molar refractivity (Wildman–Crippen MR) is 66.5 cm³/mol. The number of rotatable bonds is 5. The molecule has 0 bridgehead atoms. The van der Waals surface area contributed by atoms with Crippen molar-refractivity contribution < 1.29 is 5.11 Å². The van der Waals surface area contributed by atoms with Gasteiger partial charge in [-0.1, -0.05) is 12.8 Å². The van der Waals surface area contributed by atoms with Gasteiger partial charge >= 0.3 is 0 Å². The number of hydrogen-bond acceptors (Lipinski definition) is 3. The molecule has 2 atom stereocenters. The molecule has 3 nitrogen and oxygen atoms in total. The molecular weight excluding hydrogens is 200 g/mol. The molecule has 0 amide bonds. The normalized spacial score (nSPS) is 31.3. The second-order valence-electron chi connectivity index (χ2n) is 5.58. The van der Waals surface area contributed by atoms with E-state index in [1.54, 1.807) is 0 Å². The molecule has 0 saturated heterocycles. The number of likely N-dealkylation sites (N-methyl/N-ethyl adjacent to an activating group) is 1. The minimum absolute atomic E-state index is 0.313. The first-order chi connectivity index (χ1) is 7.74. The van der Waals surface area contributed by atoms with Gasteiger partial charge < -0.3 is 10.0 Å². The van der Waals surface area contributed by atoms with E-state index >= 15 is 0 Å². The van der Waals surface area contributed by atoms with Crippen LogP contribution >= 0.6 is 0 Å². The SMILES string of the molecule is CN(C)[C@@H]1CCCC[C@@H]1N(CCO)C1CC1. The summed E-state index contributed by atoms with van der Waals surface area (Å²) in [5.41, 5.74) is 0. The Morgan fingerprint density at radius 3 is 2.12 bits per heavy atom. The molecule has 2 saturated carbocycles. The summed E-state index contributed by atoms with van der Waals surface area (Å²) in [4.78, 5) is 4.97. The summed E-state index contributed by atoms with van der Waals surface area (Å²) in [5, 5.41) is 9.21. The fourth-order valence-corrected chi connectivity index (χ4v) is 3.22. The molecule has 0 aliphatic heterocycles. The van der Waals surface area contributed by atoms with Crippen LogP contribution in [-0.2, 0) is 0 Å². The van der Waals surface area contributed by atoms with Gasteiger partial charge in [0.2, 0.25) is 0 Å². The summed E-state index contributed by atoms with van der Waals surface area (Å²) in [6.45, 7) is 1.19. The van der Waals surface area contributed by atoms with Crippen LogP contribution < -0.4 is 0 Å². The quantitative estimate of drug-likeness (QED) is 0.766. The second kappa shape index (κ2) is 5.48. The van der Waals surface area contributed by atoms with Crippen molar-refractivity contribution in [3.05, 3.63) is 0 Å². The molecule has 1 N–H and O–H groups in total. The van der Waals surface area contributed by atoms with E-state index in [0.29, 0.717) is 18.7 Å². The highest BCUT2D eigenvalue weighted by Gasteiger charge is 2.38. The van der Waals surface area contributed by atoms with Gasteiger partial charge in [0.05, 0.1) is 6.61 Å². The molecule has 0 aromatic carbocycles. The van der Waals surface area contributed by atoms with E-state index in [0.717, 1.165) is 12.6 Å². The first-order valence-electron chi connectivity index (χ1n) is 6.77. The molecule has 16 heavy (non-hydrogen) atoms. The Morgan fingerprint density at radius 1 is 1.00 bits per heavy atom. The van der Waals surface area contributed by atoms with Gasteiger partial charge in [-0.05, 0) is 39.8 Å². The minimum atomic E-state index is 0.313. The van der Waals surface area contributed by atoms with E-state index in [1.807, 2.05) is 0 Å². The third kappa shape index (κ3) is 2.76. The maximum Gasteiger partial charge on any atom is 0.0558 e. The van der Waals surface area contributed by atoms with Crippen molar-refractivity contribution in [1.82, 2.24) is 9.80 Å². The zero-order valence-electron chi connectivity index (χ0n) is 10.7. The van der Waals surface area contributed by atoms with Crippen LogP contribution in [0.5, 0.6) is 0 Å². The molecule has 0 aromatic heterocycles. The molecule has 2 aliphatic rings. The van der Waals surface area contributed by atoms with Gasteiger partial charge in [-0.2, -0.15) is 0 Å². The summed E-state index contributed by atoms with van der Waals surface area (Å²) >= 11 is 0. The van der Waals surface area contributed by atoms with Crippen LogP contribution in [0.4, 0.5) is 0 Å². The fourth-order valence-electron chi connectivity index (χ4n) is 3.22. The Bertz CT molecular complexity index is 216. The molecule has 0 radical (unpaired) electrons. The van der Waals surface area contributed by atoms with E-state index in [1.165, 1.54) is 38.5 Å². The third-order valence-corrected chi connectivity index (χ3v) is 4.16. The summed E-state index contributed by atoms with van der Waals surface area (Å²) in [6.07, 6.45) is 8.07. The Labute approximate surface area is 99.4 Å². The highest BCUT2D eigenvalue weighted by atomic mass is 16.3. The molecule has 2 rings (SSSR count). The number of aliphatic hydroxyl groups excluding tert-OH is 1. The highest BCUT2D eigenvalue weighted by molar-refractivity contribution is 4.95. The summed E-state index contributed by atoms with van der Waals surface area (Å²) in [5.74, 6) is 0. The topological polar surface area (TPSA) is 26.7 Å². The molecule has 0 aromatic rings. The van der Waals surface area contributed by atoms with E-state index in [4.69, 9.17) is 0 Å². The van der Waals surface area contributed by atoms with Crippen LogP contribution in [0.2, 0.25) is 0 Å². The van der Waals surface area contributed by atoms with Crippen LogP contribution in [0, 0.1) is 0 Å². The van der Waals surface area contributed by atoms with Gasteiger partial charge in [0.25, 0.3) is 0 Å². The maximum absolute atomic E-state index is 9.21. The third-order valence-electron chi connectivity index (χ3n) is 4.16. The summed E-state index contributed by atoms with van der Waals surface area (Å²) < 4.78 is 0. The summed E-state index contributed by atoms with van der Waals surface area (Å²) in [6, 6.07) is 2.15. The first kappa shape index (κ1) is 12.3. The van der Waals surface area contributed by atoms with Crippen LogP contribution in [-0.4, -0.2) is 60.3 Å². The maximum atomic E-state index is 9.21. The van der Waals surface area contributed by atoms with Crippen LogP contribution in [0.3, 0.4) is 0 Å². The van der Waals surface area contributed by atoms with E-state index in [-0.39, 0.29) is 0 Å². The average Bonchev–Trinajstić information content (AvgIpc) is 3.10. The van der Waals surface area contributed by atoms with Crippen molar-refractivity contribution in [2.24, 2.45) is 0 Å². The van der Waals surface area contributed by atoms with E-state index in [2.05, 4.69) is 23.9 Å². The predicted octanol–water partition coefficient (Wildman–Crippen LogP) is 1.32. The molecule has 94 valence electrons. The Morgan fingerprint density at radius 2 is 1.62 bits per heavy atom. The lowest BCUT2D eigenvalue weighted by Crippen LogP contribution is -2.52. The smallest absolute Gasteiger partial charge is 0.0558 e. The number of hydrogen-bond donors (Lipinski definition) is 1. The van der Waals surface area contributed by atoms with Crippen molar-refractivity contribution in [2.75, 3.05) is 27.2 Å². The first-order valence-corrected chi connectivity index (χ1v) is 6.77. The van der Waals surface area contributed by atoms with Gasteiger partial charge in [-0.15, -0.1) is 0 Å². The molecule has 3 heteroatoms. The Balaban J connectivity index is 2.01. The molecule has 2 aliphatic carbocycles. The standard InChI is InChI=1S/C13H26N2O/c1-14(2)12-5-3-4-6-13(12)15(9-10-16)11-7-8-11/h11-13,16H,3-10H2,1-2H3/t12-,13+/m1/s1. The Hall–Kier alpha value is -0.120. The van der Waals surface area contributed by atoms with Gasteiger partial charge in [0.15, 0.2) is 0 Å². The Kier molecular flexibility index (Phi) is 4.22. The lowest BCUT2D eigenvalue weighted by molar-refractivity contribution is 0.0547. The van der Waals surface area contributed by atoms with E-state index in [9.17, 15) is 5.11 Å². The number of nitrogens with zero attached hydrogens (tertiary/aromatic N) is 2. The molecule has 2 fully saturated rings. The van der Waals surface area contributed by atoms with Gasteiger partial charge in [0, 0.05) is 24.7 Å². The molecule has 0 unspecified atom stereocenters. The lowest BCUT2D eigenvalue weighted by Gasteiger charge is -2.43. The van der Waals surface area contributed by atoms with Crippen molar-refractivity contribution in [3.63, 3.8) is 0 Å². The zero-order chi connectivity index (χ0) is 11.5. The van der Waals surface area contributed by atoms with Crippen LogP contribution in [0.15, 0.2) is 0 Å². The average molecular weight is 226 g/mol. The zero-order valence-corrected chi connectivity index (χ0v) is 10.7. The molecule has 0 heterocycles. The highest BCUT2D eigenvalue weighted by Crippen LogP contribution is 2.34. The van der Waals surface area contributed by atoms with Gasteiger partial charge in [0.1, 0.15) is 0 Å². The minimum Gasteiger partial charge on any atom is -0.395 e. The van der Waals surface area contributed by atoms with Crippen LogP contribution in [0.25, 0.3) is 0 Å². The monoisotopic (exact) mass is 226 g/mol. The molecular formula is C13H26N2O. The fraction of sp³-hybridized carbons (Fsp3) is 1.00. The van der Waals surface area contributed by atoms with Crippen molar-refractivity contribution in [1.29, 1.82) is 0 Å². The summed E-state index contributed by atoms with van der Waals surface area (Å²) in [7, 11) is 4.40.